The largest absolute Gasteiger partial charge is 0.418 e. The molecule has 3 rings (SSSR count). The summed E-state index contributed by atoms with van der Waals surface area (Å²) < 4.78 is 5.31. The first-order valence-corrected chi connectivity index (χ1v) is 6.96. The number of alkyl halides is 1. The molecule has 0 radical (unpaired) electrons. The minimum Gasteiger partial charge on any atom is -0.418 e. The zero-order valence-electron chi connectivity index (χ0n) is 10.8. The van der Waals surface area contributed by atoms with Crippen molar-refractivity contribution in [3.05, 3.63) is 29.6 Å². The first kappa shape index (κ1) is 13.5. The number of halogens is 1. The van der Waals surface area contributed by atoms with E-state index in [0.717, 1.165) is 30.8 Å². The lowest BCUT2D eigenvalue weighted by molar-refractivity contribution is 0.239. The fourth-order valence-electron chi connectivity index (χ4n) is 2.30. The lowest BCUT2D eigenvalue weighted by Crippen LogP contribution is -2.28. The quantitative estimate of drug-likeness (QED) is 0.820. The van der Waals surface area contributed by atoms with Crippen LogP contribution in [-0.2, 0) is 6.61 Å². The number of aliphatic hydroxyl groups excluding tert-OH is 1. The minimum atomic E-state index is -0.265. The fraction of sp³-hybridized carbons (Fsp3) is 0.462. The zero-order valence-corrected chi connectivity index (χ0v) is 11.6. The maximum atomic E-state index is 8.93. The normalized spacial score (nSPS) is 23.1. The summed E-state index contributed by atoms with van der Waals surface area (Å²) in [6.07, 6.45) is 5.40. The van der Waals surface area contributed by atoms with Gasteiger partial charge in [0.05, 0.1) is 11.1 Å². The number of allylic oxidation sites excluding steroid dienone is 1. The van der Waals surface area contributed by atoms with Crippen LogP contribution in [0.2, 0.25) is 0 Å². The van der Waals surface area contributed by atoms with Gasteiger partial charge in [-0.1, -0.05) is 6.08 Å². The molecule has 0 saturated carbocycles. The topological polar surface area (TPSA) is 83.5 Å². The Balaban J connectivity index is 1.84. The summed E-state index contributed by atoms with van der Waals surface area (Å²) in [5.74, 6) is 0.574. The molecule has 0 aromatic carbocycles. The Labute approximate surface area is 121 Å². The molecule has 2 N–H and O–H groups in total. The molecule has 2 aliphatic rings. The van der Waals surface area contributed by atoms with E-state index < -0.39 is 0 Å². The van der Waals surface area contributed by atoms with Crippen LogP contribution in [0.3, 0.4) is 0 Å². The third-order valence-corrected chi connectivity index (χ3v) is 3.69. The first-order chi connectivity index (χ1) is 9.78. The van der Waals surface area contributed by atoms with Crippen LogP contribution in [0.4, 0.5) is 0 Å². The summed E-state index contributed by atoms with van der Waals surface area (Å²) in [4.78, 5) is 4.46. The van der Waals surface area contributed by atoms with Crippen LogP contribution in [0.15, 0.2) is 27.3 Å². The second-order valence-electron chi connectivity index (χ2n) is 4.68. The highest BCUT2D eigenvalue weighted by molar-refractivity contribution is 6.36. The molecule has 3 heterocycles. The monoisotopic (exact) mass is 294 g/mol. The van der Waals surface area contributed by atoms with Gasteiger partial charge in [-0.25, -0.2) is 0 Å². The van der Waals surface area contributed by atoms with E-state index >= 15 is 0 Å². The van der Waals surface area contributed by atoms with Crippen molar-refractivity contribution in [1.29, 1.82) is 0 Å². The molecule has 7 heteroatoms. The molecule has 0 amide bonds. The van der Waals surface area contributed by atoms with Crippen molar-refractivity contribution in [1.82, 2.24) is 15.5 Å². The second-order valence-corrected chi connectivity index (χ2v) is 5.21. The number of nitrogens with one attached hydrogen (secondary N) is 1. The van der Waals surface area contributed by atoms with Crippen LogP contribution < -0.4 is 5.32 Å². The fourth-order valence-corrected chi connectivity index (χ4v) is 2.66. The van der Waals surface area contributed by atoms with Crippen LogP contribution in [0.5, 0.6) is 0 Å². The Morgan fingerprint density at radius 1 is 1.40 bits per heavy atom. The molecule has 0 saturated heterocycles. The Hall–Kier alpha value is -1.50. The average molecular weight is 295 g/mol. The van der Waals surface area contributed by atoms with Crippen LogP contribution in [0.1, 0.15) is 24.6 Å². The molecular weight excluding hydrogens is 280 g/mol. The zero-order chi connectivity index (χ0) is 13.9. The molecule has 2 aliphatic heterocycles. The second kappa shape index (κ2) is 5.87. The van der Waals surface area contributed by atoms with Crippen molar-refractivity contribution in [2.45, 2.75) is 24.8 Å². The predicted molar refractivity (Wildman–Crippen MR) is 75.5 cm³/mol. The van der Waals surface area contributed by atoms with E-state index in [1.54, 1.807) is 6.20 Å². The number of aliphatic hydroxyl groups is 1. The van der Waals surface area contributed by atoms with Crippen LogP contribution in [0, 0.1) is 0 Å². The van der Waals surface area contributed by atoms with Gasteiger partial charge in [-0.2, -0.15) is 0 Å². The lowest BCUT2D eigenvalue weighted by atomic mass is 9.96. The SMILES string of the molecule is OCc1nnc(C2=CN=C(C3=CCNCC3)C(Cl)C2)o1. The van der Waals surface area contributed by atoms with Gasteiger partial charge in [0, 0.05) is 24.7 Å². The Kier molecular flexibility index (Phi) is 3.95. The third-order valence-electron chi connectivity index (χ3n) is 3.33. The Morgan fingerprint density at radius 3 is 2.95 bits per heavy atom. The van der Waals surface area contributed by atoms with Gasteiger partial charge < -0.3 is 14.8 Å². The average Bonchev–Trinajstić information content (AvgIpc) is 2.97. The van der Waals surface area contributed by atoms with Gasteiger partial charge in [-0.15, -0.1) is 21.8 Å². The van der Waals surface area contributed by atoms with Gasteiger partial charge in [0.2, 0.25) is 11.8 Å². The first-order valence-electron chi connectivity index (χ1n) is 6.52. The van der Waals surface area contributed by atoms with E-state index in [1.807, 2.05) is 0 Å². The van der Waals surface area contributed by atoms with Crippen LogP contribution >= 0.6 is 11.6 Å². The number of hydrogen-bond acceptors (Lipinski definition) is 6. The van der Waals surface area contributed by atoms with Gasteiger partial charge in [0.1, 0.15) is 6.61 Å². The van der Waals surface area contributed by atoms with Crippen LogP contribution in [-0.4, -0.2) is 39.5 Å². The van der Waals surface area contributed by atoms with E-state index in [2.05, 4.69) is 26.6 Å². The number of aromatic nitrogens is 2. The van der Waals surface area contributed by atoms with Gasteiger partial charge in [-0.05, 0) is 18.5 Å². The molecule has 1 aromatic rings. The van der Waals surface area contributed by atoms with Crippen molar-refractivity contribution in [3.63, 3.8) is 0 Å². The van der Waals surface area contributed by atoms with E-state index in [1.165, 1.54) is 5.57 Å². The van der Waals surface area contributed by atoms with Crippen molar-refractivity contribution >= 4 is 22.9 Å². The van der Waals surface area contributed by atoms with E-state index in [4.69, 9.17) is 21.1 Å². The van der Waals surface area contributed by atoms with Crippen molar-refractivity contribution in [2.24, 2.45) is 4.99 Å². The highest BCUT2D eigenvalue weighted by atomic mass is 35.5. The molecule has 1 aromatic heterocycles. The molecule has 1 atom stereocenters. The van der Waals surface area contributed by atoms with Gasteiger partial charge in [0.25, 0.3) is 0 Å². The van der Waals surface area contributed by atoms with E-state index in [0.29, 0.717) is 12.3 Å². The highest BCUT2D eigenvalue weighted by Crippen LogP contribution is 2.29. The summed E-state index contributed by atoms with van der Waals surface area (Å²) in [5.41, 5.74) is 2.94. The van der Waals surface area contributed by atoms with Crippen molar-refractivity contribution in [2.75, 3.05) is 13.1 Å². The number of nitrogens with zero attached hydrogens (tertiary/aromatic N) is 3. The smallest absolute Gasteiger partial charge is 0.245 e. The molecule has 0 spiro atoms. The van der Waals surface area contributed by atoms with Gasteiger partial charge in [0.15, 0.2) is 0 Å². The number of hydrogen-bond donors (Lipinski definition) is 2. The predicted octanol–water partition coefficient (Wildman–Crippen LogP) is 1.27. The molecule has 0 bridgehead atoms. The van der Waals surface area contributed by atoms with Crippen LogP contribution in [0.25, 0.3) is 5.57 Å². The minimum absolute atomic E-state index is 0.191. The van der Waals surface area contributed by atoms with Gasteiger partial charge >= 0.3 is 0 Å². The summed E-state index contributed by atoms with van der Waals surface area (Å²) in [6, 6.07) is 0. The molecule has 1 unspecified atom stereocenters. The van der Waals surface area contributed by atoms with E-state index in [-0.39, 0.29) is 17.9 Å². The summed E-state index contributed by atoms with van der Waals surface area (Å²) in [6.45, 7) is 1.55. The molecular formula is C13H15ClN4O2. The summed E-state index contributed by atoms with van der Waals surface area (Å²) in [5, 5.41) is 19.6. The third kappa shape index (κ3) is 2.67. The number of rotatable bonds is 3. The Bertz CT molecular complexity index is 591. The van der Waals surface area contributed by atoms with Crippen molar-refractivity contribution in [3.8, 4) is 0 Å². The van der Waals surface area contributed by atoms with Crippen molar-refractivity contribution < 1.29 is 9.52 Å². The maximum Gasteiger partial charge on any atom is 0.245 e. The maximum absolute atomic E-state index is 8.93. The summed E-state index contributed by atoms with van der Waals surface area (Å²) >= 11 is 6.43. The summed E-state index contributed by atoms with van der Waals surface area (Å²) in [7, 11) is 0. The molecule has 6 nitrogen and oxygen atoms in total. The standard InChI is InChI=1S/C13H15ClN4O2/c14-10-5-9(13-18-17-11(7-19)20-13)6-16-12(10)8-1-3-15-4-2-8/h1,6,10,15,19H,2-5,7H2. The Morgan fingerprint density at radius 2 is 2.30 bits per heavy atom. The van der Waals surface area contributed by atoms with Gasteiger partial charge in [-0.3, -0.25) is 4.99 Å². The highest BCUT2D eigenvalue weighted by Gasteiger charge is 2.25. The molecule has 0 aliphatic carbocycles. The van der Waals surface area contributed by atoms with E-state index in [9.17, 15) is 0 Å². The molecule has 20 heavy (non-hydrogen) atoms. The molecule has 0 fully saturated rings. The lowest BCUT2D eigenvalue weighted by Gasteiger charge is -2.22. The number of aliphatic imine (C=N–C) groups is 1. The molecule has 106 valence electrons.